The van der Waals surface area contributed by atoms with E-state index in [0.29, 0.717) is 13.2 Å². The molecule has 2 unspecified atom stereocenters. The number of likely N-dealkylation sites (tertiary alicyclic amines) is 2. The minimum Gasteiger partial charge on any atom is -0.494 e. The molecule has 2 amide bonds. The number of amides is 2. The van der Waals surface area contributed by atoms with E-state index < -0.39 is 0 Å². The molecule has 0 aliphatic carbocycles. The number of nitrogens with zero attached hydrogens (tertiary/aromatic N) is 2. The number of hydrogen-bond donors (Lipinski definition) is 0. The SMILES string of the molecule is CCOc1ccc(C2CCCN2C(=O)C2CCCN(C(=O)c3cccs3)C2)cc1. The van der Waals surface area contributed by atoms with Crippen LogP contribution in [0.5, 0.6) is 5.75 Å². The predicted molar refractivity (Wildman–Crippen MR) is 114 cm³/mol. The fourth-order valence-electron chi connectivity index (χ4n) is 4.48. The van der Waals surface area contributed by atoms with E-state index in [9.17, 15) is 9.59 Å². The highest BCUT2D eigenvalue weighted by Gasteiger charge is 2.36. The van der Waals surface area contributed by atoms with Crippen molar-refractivity contribution >= 4 is 23.2 Å². The van der Waals surface area contributed by atoms with Crippen molar-refractivity contribution in [3.63, 3.8) is 0 Å². The zero-order chi connectivity index (χ0) is 20.2. The van der Waals surface area contributed by atoms with Crippen LogP contribution in [0.2, 0.25) is 0 Å². The number of rotatable bonds is 5. The molecule has 0 saturated carbocycles. The number of benzene rings is 1. The van der Waals surface area contributed by atoms with Crippen molar-refractivity contribution in [2.75, 3.05) is 26.2 Å². The molecule has 3 heterocycles. The summed E-state index contributed by atoms with van der Waals surface area (Å²) >= 11 is 1.47. The molecule has 2 saturated heterocycles. The molecular weight excluding hydrogens is 384 g/mol. The van der Waals surface area contributed by atoms with E-state index in [2.05, 4.69) is 12.1 Å². The Labute approximate surface area is 176 Å². The molecule has 6 heteroatoms. The molecule has 2 fully saturated rings. The summed E-state index contributed by atoms with van der Waals surface area (Å²) in [5, 5.41) is 1.92. The zero-order valence-electron chi connectivity index (χ0n) is 16.9. The van der Waals surface area contributed by atoms with Crippen LogP contribution in [0.15, 0.2) is 41.8 Å². The summed E-state index contributed by atoms with van der Waals surface area (Å²) in [4.78, 5) is 30.8. The first-order chi connectivity index (χ1) is 14.2. The molecule has 0 radical (unpaired) electrons. The van der Waals surface area contributed by atoms with Crippen LogP contribution in [0.1, 0.15) is 53.9 Å². The fraction of sp³-hybridized carbons (Fsp3) is 0.478. The van der Waals surface area contributed by atoms with E-state index in [0.717, 1.165) is 49.4 Å². The first kappa shape index (κ1) is 20.0. The third-order valence-corrected chi connectivity index (χ3v) is 6.76. The Hall–Kier alpha value is -2.34. The highest BCUT2D eigenvalue weighted by Crippen LogP contribution is 2.35. The minimum absolute atomic E-state index is 0.0574. The largest absolute Gasteiger partial charge is 0.494 e. The van der Waals surface area contributed by atoms with Crippen LogP contribution < -0.4 is 4.74 Å². The van der Waals surface area contributed by atoms with Crippen molar-refractivity contribution in [3.05, 3.63) is 52.2 Å². The Bertz CT molecular complexity index is 834. The molecule has 0 N–H and O–H groups in total. The summed E-state index contributed by atoms with van der Waals surface area (Å²) in [6, 6.07) is 12.0. The molecule has 154 valence electrons. The highest BCUT2D eigenvalue weighted by atomic mass is 32.1. The van der Waals surface area contributed by atoms with Crippen LogP contribution in [0.4, 0.5) is 0 Å². The topological polar surface area (TPSA) is 49.9 Å². The van der Waals surface area contributed by atoms with E-state index in [1.807, 2.05) is 46.4 Å². The van der Waals surface area contributed by atoms with Crippen LogP contribution in [0.3, 0.4) is 0 Å². The average molecular weight is 413 g/mol. The molecule has 0 spiro atoms. The van der Waals surface area contributed by atoms with Gasteiger partial charge in [0.1, 0.15) is 5.75 Å². The van der Waals surface area contributed by atoms with Gasteiger partial charge in [0, 0.05) is 19.6 Å². The molecule has 0 bridgehead atoms. The minimum atomic E-state index is -0.101. The summed E-state index contributed by atoms with van der Waals surface area (Å²) < 4.78 is 5.54. The van der Waals surface area contributed by atoms with Gasteiger partial charge in [0.15, 0.2) is 0 Å². The molecule has 4 rings (SSSR count). The summed E-state index contributed by atoms with van der Waals surface area (Å²) in [5.41, 5.74) is 1.17. The molecular formula is C23H28N2O3S. The fourth-order valence-corrected chi connectivity index (χ4v) is 5.17. The maximum absolute atomic E-state index is 13.4. The number of ether oxygens (including phenoxy) is 1. The maximum atomic E-state index is 13.4. The van der Waals surface area contributed by atoms with Gasteiger partial charge in [-0.15, -0.1) is 11.3 Å². The van der Waals surface area contributed by atoms with Crippen LogP contribution in [0.25, 0.3) is 0 Å². The van der Waals surface area contributed by atoms with Gasteiger partial charge in [0.2, 0.25) is 5.91 Å². The van der Waals surface area contributed by atoms with Gasteiger partial charge in [0.05, 0.1) is 23.4 Å². The first-order valence-corrected chi connectivity index (χ1v) is 11.4. The number of thiophene rings is 1. The lowest BCUT2D eigenvalue weighted by molar-refractivity contribution is -0.137. The number of hydrogen-bond acceptors (Lipinski definition) is 4. The lowest BCUT2D eigenvalue weighted by Gasteiger charge is -2.35. The first-order valence-electron chi connectivity index (χ1n) is 10.5. The van der Waals surface area contributed by atoms with Crippen molar-refractivity contribution in [3.8, 4) is 5.75 Å². The van der Waals surface area contributed by atoms with Crippen LogP contribution >= 0.6 is 11.3 Å². The molecule has 1 aromatic heterocycles. The normalized spacial score (nSPS) is 22.0. The van der Waals surface area contributed by atoms with E-state index in [1.165, 1.54) is 16.9 Å². The average Bonchev–Trinajstić information content (AvgIpc) is 3.46. The third kappa shape index (κ3) is 4.32. The second-order valence-corrected chi connectivity index (χ2v) is 8.71. The Morgan fingerprint density at radius 2 is 1.90 bits per heavy atom. The number of carbonyl (C=O) groups is 2. The smallest absolute Gasteiger partial charge is 0.263 e. The summed E-state index contributed by atoms with van der Waals surface area (Å²) in [7, 11) is 0. The van der Waals surface area contributed by atoms with Crippen LogP contribution in [-0.2, 0) is 4.79 Å². The molecule has 5 nitrogen and oxygen atoms in total. The number of carbonyl (C=O) groups excluding carboxylic acids is 2. The Balaban J connectivity index is 1.44. The van der Waals surface area contributed by atoms with E-state index in [1.54, 1.807) is 0 Å². The molecule has 2 atom stereocenters. The molecule has 2 aliphatic rings. The van der Waals surface area contributed by atoms with Crippen LogP contribution in [-0.4, -0.2) is 47.9 Å². The molecule has 1 aromatic carbocycles. The van der Waals surface area contributed by atoms with Gasteiger partial charge in [0.25, 0.3) is 5.91 Å². The lowest BCUT2D eigenvalue weighted by atomic mass is 9.95. The molecule has 2 aromatic rings. The van der Waals surface area contributed by atoms with Crippen molar-refractivity contribution in [2.45, 2.75) is 38.6 Å². The van der Waals surface area contributed by atoms with E-state index >= 15 is 0 Å². The van der Waals surface area contributed by atoms with Gasteiger partial charge in [-0.2, -0.15) is 0 Å². The quantitative estimate of drug-likeness (QED) is 0.733. The van der Waals surface area contributed by atoms with Gasteiger partial charge in [-0.1, -0.05) is 18.2 Å². The van der Waals surface area contributed by atoms with E-state index in [4.69, 9.17) is 4.74 Å². The predicted octanol–water partition coefficient (Wildman–Crippen LogP) is 4.36. The van der Waals surface area contributed by atoms with Gasteiger partial charge in [-0.3, -0.25) is 9.59 Å². The van der Waals surface area contributed by atoms with Gasteiger partial charge >= 0.3 is 0 Å². The molecule has 29 heavy (non-hydrogen) atoms. The van der Waals surface area contributed by atoms with Gasteiger partial charge in [-0.25, -0.2) is 0 Å². The summed E-state index contributed by atoms with van der Waals surface area (Å²) in [6.45, 7) is 4.69. The summed E-state index contributed by atoms with van der Waals surface area (Å²) in [6.07, 6.45) is 3.76. The maximum Gasteiger partial charge on any atom is 0.263 e. The number of piperidine rings is 1. The van der Waals surface area contributed by atoms with Gasteiger partial charge in [-0.05, 0) is 61.7 Å². The zero-order valence-corrected chi connectivity index (χ0v) is 17.7. The third-order valence-electron chi connectivity index (χ3n) is 5.90. The van der Waals surface area contributed by atoms with Crippen molar-refractivity contribution in [2.24, 2.45) is 5.92 Å². The Morgan fingerprint density at radius 1 is 1.10 bits per heavy atom. The van der Waals surface area contributed by atoms with Crippen molar-refractivity contribution in [1.29, 1.82) is 0 Å². The van der Waals surface area contributed by atoms with Crippen molar-refractivity contribution < 1.29 is 14.3 Å². The Morgan fingerprint density at radius 3 is 2.62 bits per heavy atom. The second-order valence-electron chi connectivity index (χ2n) is 7.76. The van der Waals surface area contributed by atoms with Gasteiger partial charge < -0.3 is 14.5 Å². The standard InChI is InChI=1S/C23H28N2O3S/c1-2-28-19-11-9-17(10-12-19)20-7-4-14-25(20)22(26)18-6-3-13-24(16-18)23(27)21-8-5-15-29-21/h5,8-12,15,18,20H,2-4,6-7,13-14,16H2,1H3. The molecule has 2 aliphatic heterocycles. The lowest BCUT2D eigenvalue weighted by Crippen LogP contribution is -2.46. The summed E-state index contributed by atoms with van der Waals surface area (Å²) in [5.74, 6) is 1.02. The van der Waals surface area contributed by atoms with E-state index in [-0.39, 0.29) is 23.8 Å². The Kier molecular flexibility index (Phi) is 6.19. The van der Waals surface area contributed by atoms with Crippen LogP contribution in [0, 0.1) is 5.92 Å². The second kappa shape index (κ2) is 8.99. The van der Waals surface area contributed by atoms with Crippen molar-refractivity contribution in [1.82, 2.24) is 9.80 Å². The monoisotopic (exact) mass is 412 g/mol. The highest BCUT2D eigenvalue weighted by molar-refractivity contribution is 7.12.